The van der Waals surface area contributed by atoms with Gasteiger partial charge in [-0.15, -0.1) is 0 Å². The number of carboxylic acids is 1. The molecule has 0 saturated heterocycles. The highest BCUT2D eigenvalue weighted by atomic mass is 16.5. The first-order valence-electron chi connectivity index (χ1n) is 11.0. The average Bonchev–Trinajstić information content (AvgIpc) is 3.52. The molecule has 0 spiro atoms. The van der Waals surface area contributed by atoms with Crippen LogP contribution in [0.4, 0.5) is 0 Å². The van der Waals surface area contributed by atoms with Crippen molar-refractivity contribution in [2.75, 3.05) is 0 Å². The minimum Gasteiger partial charge on any atom is -0.490 e. The molecule has 30 heavy (non-hydrogen) atoms. The lowest BCUT2D eigenvalue weighted by atomic mass is 9.86. The van der Waals surface area contributed by atoms with Gasteiger partial charge in [0.25, 0.3) is 0 Å². The van der Waals surface area contributed by atoms with E-state index in [-0.39, 0.29) is 17.1 Å². The van der Waals surface area contributed by atoms with E-state index < -0.39 is 12.1 Å². The van der Waals surface area contributed by atoms with Crippen molar-refractivity contribution in [1.82, 2.24) is 0 Å². The number of ether oxygens (including phenoxy) is 1. The Morgan fingerprint density at radius 3 is 2.63 bits per heavy atom. The molecular weight excluding hydrogens is 376 g/mol. The lowest BCUT2D eigenvalue weighted by Gasteiger charge is -2.23. The van der Waals surface area contributed by atoms with Gasteiger partial charge in [-0.05, 0) is 67.7 Å². The van der Waals surface area contributed by atoms with Gasteiger partial charge in [-0.3, -0.25) is 0 Å². The summed E-state index contributed by atoms with van der Waals surface area (Å²) in [6, 6.07) is 15.6. The molecular formula is C26H28O4. The summed E-state index contributed by atoms with van der Waals surface area (Å²) in [5.41, 5.74) is 2.49. The van der Waals surface area contributed by atoms with Gasteiger partial charge in [-0.2, -0.15) is 0 Å². The van der Waals surface area contributed by atoms with Crippen LogP contribution in [0.1, 0.15) is 53.6 Å². The van der Waals surface area contributed by atoms with Gasteiger partial charge in [-0.25, -0.2) is 4.79 Å². The second-order valence-electron chi connectivity index (χ2n) is 9.08. The summed E-state index contributed by atoms with van der Waals surface area (Å²) in [4.78, 5) is 11.3. The van der Waals surface area contributed by atoms with Crippen LogP contribution in [0.2, 0.25) is 0 Å². The average molecular weight is 405 g/mol. The minimum absolute atomic E-state index is 0.112. The van der Waals surface area contributed by atoms with E-state index in [4.69, 9.17) is 4.74 Å². The monoisotopic (exact) mass is 404 g/mol. The van der Waals surface area contributed by atoms with E-state index >= 15 is 0 Å². The number of fused-ring (bicyclic) bond motifs is 2. The predicted molar refractivity (Wildman–Crippen MR) is 115 cm³/mol. The fraction of sp³-hybridized carbons (Fsp3) is 0.423. The van der Waals surface area contributed by atoms with E-state index in [0.717, 1.165) is 49.8 Å². The van der Waals surface area contributed by atoms with E-state index in [1.54, 1.807) is 12.1 Å². The van der Waals surface area contributed by atoms with Gasteiger partial charge in [-0.1, -0.05) is 48.6 Å². The molecule has 3 aliphatic rings. The Morgan fingerprint density at radius 2 is 1.90 bits per heavy atom. The van der Waals surface area contributed by atoms with Crippen LogP contribution < -0.4 is 4.74 Å². The predicted octanol–water partition coefficient (Wildman–Crippen LogP) is 4.75. The third kappa shape index (κ3) is 3.43. The summed E-state index contributed by atoms with van der Waals surface area (Å²) in [7, 11) is 0. The highest BCUT2D eigenvalue weighted by Gasteiger charge is 2.49. The van der Waals surface area contributed by atoms with Crippen molar-refractivity contribution in [3.05, 3.63) is 77.4 Å². The number of allylic oxidation sites excluding steroid dienone is 1. The molecule has 1 unspecified atom stereocenters. The van der Waals surface area contributed by atoms with Crippen molar-refractivity contribution >= 4 is 5.97 Å². The Hall–Kier alpha value is -2.59. The fourth-order valence-electron chi connectivity index (χ4n) is 5.43. The number of carboxylic acid groups (broad SMARTS) is 1. The first kappa shape index (κ1) is 19.4. The summed E-state index contributed by atoms with van der Waals surface area (Å²) in [6.07, 6.45) is 9.91. The molecule has 4 atom stereocenters. The third-order valence-corrected chi connectivity index (χ3v) is 7.40. The van der Waals surface area contributed by atoms with Gasteiger partial charge in [0, 0.05) is 11.3 Å². The molecule has 0 aromatic heterocycles. The molecule has 0 amide bonds. The highest BCUT2D eigenvalue weighted by Crippen LogP contribution is 2.51. The first-order valence-corrected chi connectivity index (χ1v) is 11.0. The molecule has 156 valence electrons. The molecule has 1 aliphatic heterocycles. The van der Waals surface area contributed by atoms with Crippen molar-refractivity contribution in [3.63, 3.8) is 0 Å². The fourth-order valence-corrected chi connectivity index (χ4v) is 5.43. The number of carbonyl (C=O) groups is 1. The van der Waals surface area contributed by atoms with Crippen LogP contribution in [0.3, 0.4) is 0 Å². The number of aryl methyl sites for hydroxylation is 1. The second-order valence-corrected chi connectivity index (χ2v) is 9.08. The number of aromatic carboxylic acids is 1. The van der Waals surface area contributed by atoms with Crippen molar-refractivity contribution in [2.24, 2.45) is 11.8 Å². The number of hydrogen-bond acceptors (Lipinski definition) is 3. The molecule has 2 aliphatic carbocycles. The van der Waals surface area contributed by atoms with Gasteiger partial charge in [0.05, 0.1) is 11.7 Å². The van der Waals surface area contributed by atoms with E-state index in [0.29, 0.717) is 11.8 Å². The Labute approximate surface area is 177 Å². The zero-order valence-corrected chi connectivity index (χ0v) is 17.0. The van der Waals surface area contributed by atoms with Crippen LogP contribution in [0.15, 0.2) is 60.7 Å². The molecule has 5 rings (SSSR count). The van der Waals surface area contributed by atoms with Gasteiger partial charge in [0.15, 0.2) is 0 Å². The number of hydrogen-bond donors (Lipinski definition) is 2. The van der Waals surface area contributed by atoms with E-state index in [9.17, 15) is 15.0 Å². The van der Waals surface area contributed by atoms with Gasteiger partial charge < -0.3 is 14.9 Å². The summed E-state index contributed by atoms with van der Waals surface area (Å²) in [6.45, 7) is 0. The van der Waals surface area contributed by atoms with Gasteiger partial charge in [0.2, 0.25) is 0 Å². The lowest BCUT2D eigenvalue weighted by molar-refractivity contribution is 0.0695. The zero-order valence-electron chi connectivity index (χ0n) is 17.0. The van der Waals surface area contributed by atoms with Crippen molar-refractivity contribution < 1.29 is 19.7 Å². The number of aliphatic hydroxyl groups is 1. The Bertz CT molecular complexity index is 960. The molecule has 1 heterocycles. The molecule has 2 aromatic rings. The van der Waals surface area contributed by atoms with Crippen LogP contribution in [-0.4, -0.2) is 28.4 Å². The van der Waals surface area contributed by atoms with Crippen molar-refractivity contribution in [3.8, 4) is 5.75 Å². The van der Waals surface area contributed by atoms with Crippen LogP contribution in [0.25, 0.3) is 0 Å². The van der Waals surface area contributed by atoms with E-state index in [2.05, 4.69) is 18.2 Å². The molecule has 4 nitrogen and oxygen atoms in total. The summed E-state index contributed by atoms with van der Waals surface area (Å²) < 4.78 is 6.30. The van der Waals surface area contributed by atoms with Crippen molar-refractivity contribution in [1.29, 1.82) is 0 Å². The minimum atomic E-state index is -0.921. The molecule has 4 heteroatoms. The summed E-state index contributed by atoms with van der Waals surface area (Å²) in [5, 5.41) is 20.2. The Kier molecular flexibility index (Phi) is 4.90. The molecule has 2 aromatic carbocycles. The third-order valence-electron chi connectivity index (χ3n) is 7.40. The summed E-state index contributed by atoms with van der Waals surface area (Å²) in [5.74, 6) is 0.606. The number of benzene rings is 2. The molecule has 2 fully saturated rings. The van der Waals surface area contributed by atoms with E-state index in [1.165, 1.54) is 5.56 Å². The maximum atomic E-state index is 11.3. The van der Waals surface area contributed by atoms with Crippen LogP contribution in [0.5, 0.6) is 5.75 Å². The molecule has 0 radical (unpaired) electrons. The maximum Gasteiger partial charge on any atom is 0.335 e. The number of aliphatic hydroxyl groups excluding tert-OH is 1. The van der Waals surface area contributed by atoms with E-state index in [1.807, 2.05) is 30.3 Å². The number of rotatable bonds is 5. The molecule has 0 bridgehead atoms. The largest absolute Gasteiger partial charge is 0.490 e. The smallest absolute Gasteiger partial charge is 0.335 e. The Balaban J connectivity index is 1.29. The van der Waals surface area contributed by atoms with Crippen LogP contribution in [0, 0.1) is 11.8 Å². The van der Waals surface area contributed by atoms with Gasteiger partial charge >= 0.3 is 5.97 Å². The molecule has 2 saturated carbocycles. The van der Waals surface area contributed by atoms with Crippen molar-refractivity contribution in [2.45, 2.75) is 56.1 Å². The highest BCUT2D eigenvalue weighted by molar-refractivity contribution is 5.88. The first-order chi connectivity index (χ1) is 14.6. The summed E-state index contributed by atoms with van der Waals surface area (Å²) >= 11 is 0. The lowest BCUT2D eigenvalue weighted by Crippen LogP contribution is -2.25. The Morgan fingerprint density at radius 1 is 1.10 bits per heavy atom. The molecule has 2 N–H and O–H groups in total. The normalized spacial score (nSPS) is 27.6. The zero-order chi connectivity index (χ0) is 20.7. The van der Waals surface area contributed by atoms with Crippen LogP contribution >= 0.6 is 0 Å². The van der Waals surface area contributed by atoms with Crippen LogP contribution in [-0.2, 0) is 11.8 Å². The topological polar surface area (TPSA) is 66.8 Å². The second kappa shape index (κ2) is 7.59. The quantitative estimate of drug-likeness (QED) is 0.706. The SMILES string of the molecule is O=C(O)c1ccc2c(c1)O[C@H]1CC[C@H](/C=C/C(O)C3(c4ccccc4)CC3)[C@H]1CC2. The standard InChI is InChI=1S/C26H28O4/c27-24(26(14-15-26)20-4-2-1-3-5-20)13-10-17-9-12-22-21(17)11-8-18-6-7-19(25(28)29)16-23(18)30-22/h1-7,10,13,16-17,21-22,24,27H,8-9,11-12,14-15H2,(H,28,29)/b13-10+/t17-,21-,22+,24?/m1/s1. The van der Waals surface area contributed by atoms with Gasteiger partial charge in [0.1, 0.15) is 11.9 Å². The maximum absolute atomic E-state index is 11.3.